The number of hydrogen-bond acceptors (Lipinski definition) is 3. The quantitative estimate of drug-likeness (QED) is 0.494. The molecule has 0 aliphatic rings. The molecule has 18 heavy (non-hydrogen) atoms. The molecule has 0 spiro atoms. The molecule has 0 bridgehead atoms. The molecule has 0 fully saturated rings. The Morgan fingerprint density at radius 3 is 2.44 bits per heavy atom. The minimum Gasteiger partial charge on any atom is -0.395 e. The Morgan fingerprint density at radius 1 is 1.11 bits per heavy atom. The fourth-order valence-corrected chi connectivity index (χ4v) is 1.82. The van der Waals surface area contributed by atoms with Gasteiger partial charge in [-0.25, -0.2) is 0 Å². The molecule has 4 nitrogen and oxygen atoms in total. The van der Waals surface area contributed by atoms with Gasteiger partial charge < -0.3 is 15.7 Å². The first kappa shape index (κ1) is 17.4. The van der Waals surface area contributed by atoms with Crippen LogP contribution >= 0.6 is 0 Å². The van der Waals surface area contributed by atoms with E-state index in [1.807, 2.05) is 13.8 Å². The number of aliphatic hydroxyl groups is 1. The van der Waals surface area contributed by atoms with Crippen molar-refractivity contribution in [2.24, 2.45) is 5.41 Å². The van der Waals surface area contributed by atoms with Gasteiger partial charge in [0.2, 0.25) is 5.91 Å². The van der Waals surface area contributed by atoms with E-state index in [2.05, 4.69) is 17.6 Å². The summed E-state index contributed by atoms with van der Waals surface area (Å²) >= 11 is 0. The first-order valence-electron chi connectivity index (χ1n) is 7.14. The molecule has 4 heteroatoms. The number of carbonyl (C=O) groups is 1. The van der Waals surface area contributed by atoms with Crippen molar-refractivity contribution in [1.82, 2.24) is 10.6 Å². The maximum absolute atomic E-state index is 12.0. The van der Waals surface area contributed by atoms with Gasteiger partial charge in [0.15, 0.2) is 0 Å². The summed E-state index contributed by atoms with van der Waals surface area (Å²) < 4.78 is 0. The van der Waals surface area contributed by atoms with Gasteiger partial charge >= 0.3 is 0 Å². The molecule has 0 radical (unpaired) electrons. The fourth-order valence-electron chi connectivity index (χ4n) is 1.82. The molecular weight excluding hydrogens is 228 g/mol. The van der Waals surface area contributed by atoms with Crippen LogP contribution in [-0.2, 0) is 4.79 Å². The van der Waals surface area contributed by atoms with Crippen molar-refractivity contribution in [2.45, 2.75) is 52.9 Å². The number of nitrogens with one attached hydrogen (secondary N) is 2. The van der Waals surface area contributed by atoms with Crippen LogP contribution in [0.25, 0.3) is 0 Å². The second kappa shape index (κ2) is 10.3. The molecule has 0 saturated carbocycles. The molecule has 0 heterocycles. The van der Waals surface area contributed by atoms with Gasteiger partial charge in [0, 0.05) is 25.0 Å². The summed E-state index contributed by atoms with van der Waals surface area (Å²) in [7, 11) is 0. The third-order valence-electron chi connectivity index (χ3n) is 3.15. The molecule has 0 aromatic heterocycles. The van der Waals surface area contributed by atoms with Crippen molar-refractivity contribution in [3.63, 3.8) is 0 Å². The van der Waals surface area contributed by atoms with Crippen LogP contribution in [0.4, 0.5) is 0 Å². The van der Waals surface area contributed by atoms with Crippen LogP contribution in [0.5, 0.6) is 0 Å². The Morgan fingerprint density at radius 2 is 1.83 bits per heavy atom. The van der Waals surface area contributed by atoms with Crippen LogP contribution in [0.3, 0.4) is 0 Å². The molecule has 1 amide bonds. The van der Waals surface area contributed by atoms with E-state index in [0.29, 0.717) is 19.6 Å². The van der Waals surface area contributed by atoms with Crippen LogP contribution in [0.15, 0.2) is 0 Å². The highest BCUT2D eigenvalue weighted by Gasteiger charge is 2.26. The van der Waals surface area contributed by atoms with Crippen molar-refractivity contribution in [3.05, 3.63) is 0 Å². The molecular formula is C14H30N2O2. The van der Waals surface area contributed by atoms with E-state index in [0.717, 1.165) is 12.8 Å². The topological polar surface area (TPSA) is 61.4 Å². The van der Waals surface area contributed by atoms with E-state index in [1.54, 1.807) is 0 Å². The molecule has 3 N–H and O–H groups in total. The number of aliphatic hydroxyl groups excluding tert-OH is 1. The van der Waals surface area contributed by atoms with Crippen LogP contribution < -0.4 is 10.6 Å². The summed E-state index contributed by atoms with van der Waals surface area (Å²) in [5.74, 6) is 0.129. The maximum Gasteiger partial charge on any atom is 0.225 e. The average Bonchev–Trinajstić information content (AvgIpc) is 2.34. The predicted octanol–water partition coefficient (Wildman–Crippen LogP) is 1.68. The number of amides is 1. The number of hydrogen-bond donors (Lipinski definition) is 3. The van der Waals surface area contributed by atoms with Gasteiger partial charge in [-0.2, -0.15) is 0 Å². The Kier molecular flexibility index (Phi) is 9.98. The van der Waals surface area contributed by atoms with Crippen LogP contribution in [0.1, 0.15) is 52.9 Å². The highest BCUT2D eigenvalue weighted by Crippen LogP contribution is 2.23. The highest BCUT2D eigenvalue weighted by atomic mass is 16.3. The summed E-state index contributed by atoms with van der Waals surface area (Å²) in [6, 6.07) is 0. The Labute approximate surface area is 112 Å². The number of carbonyl (C=O) groups excluding carboxylic acids is 1. The smallest absolute Gasteiger partial charge is 0.225 e. The van der Waals surface area contributed by atoms with E-state index in [1.165, 1.54) is 19.3 Å². The van der Waals surface area contributed by atoms with Crippen molar-refractivity contribution in [2.75, 3.05) is 26.2 Å². The van der Waals surface area contributed by atoms with Gasteiger partial charge in [-0.1, -0.05) is 46.5 Å². The van der Waals surface area contributed by atoms with Gasteiger partial charge in [-0.15, -0.1) is 0 Å². The monoisotopic (exact) mass is 258 g/mol. The van der Waals surface area contributed by atoms with Gasteiger partial charge in [0.25, 0.3) is 0 Å². The fraction of sp³-hybridized carbons (Fsp3) is 0.929. The average molecular weight is 258 g/mol. The minimum atomic E-state index is -0.273. The molecule has 0 rings (SSSR count). The summed E-state index contributed by atoms with van der Waals surface area (Å²) in [5, 5.41) is 14.6. The van der Waals surface area contributed by atoms with Crippen molar-refractivity contribution >= 4 is 5.91 Å². The van der Waals surface area contributed by atoms with Crippen molar-refractivity contribution < 1.29 is 9.90 Å². The second-order valence-electron chi connectivity index (χ2n) is 5.42. The zero-order chi connectivity index (χ0) is 13.9. The van der Waals surface area contributed by atoms with Gasteiger partial charge in [-0.3, -0.25) is 4.79 Å². The highest BCUT2D eigenvalue weighted by molar-refractivity contribution is 5.81. The molecule has 0 saturated heterocycles. The molecule has 108 valence electrons. The molecule has 0 atom stereocenters. The molecule has 0 aliphatic heterocycles. The lowest BCUT2D eigenvalue weighted by molar-refractivity contribution is -0.129. The lowest BCUT2D eigenvalue weighted by Crippen LogP contribution is -2.40. The van der Waals surface area contributed by atoms with E-state index < -0.39 is 0 Å². The van der Waals surface area contributed by atoms with Crippen LogP contribution in [0.2, 0.25) is 0 Å². The van der Waals surface area contributed by atoms with E-state index in [-0.39, 0.29) is 17.9 Å². The Balaban J connectivity index is 3.70. The largest absolute Gasteiger partial charge is 0.395 e. The molecule has 0 aromatic carbocycles. The molecule has 0 unspecified atom stereocenters. The first-order chi connectivity index (χ1) is 8.54. The lowest BCUT2D eigenvalue weighted by atomic mass is 9.86. The second-order valence-corrected chi connectivity index (χ2v) is 5.42. The van der Waals surface area contributed by atoms with Crippen LogP contribution in [-0.4, -0.2) is 37.3 Å². The van der Waals surface area contributed by atoms with E-state index >= 15 is 0 Å². The van der Waals surface area contributed by atoms with Gasteiger partial charge in [-0.05, 0) is 6.42 Å². The van der Waals surface area contributed by atoms with E-state index in [9.17, 15) is 4.79 Å². The number of unbranched alkanes of at least 4 members (excludes halogenated alkanes) is 3. The summed E-state index contributed by atoms with van der Waals surface area (Å²) in [5.41, 5.74) is -0.273. The Hall–Kier alpha value is -0.610. The van der Waals surface area contributed by atoms with Crippen molar-refractivity contribution in [1.29, 1.82) is 0 Å². The zero-order valence-corrected chi connectivity index (χ0v) is 12.2. The Bertz CT molecular complexity index is 218. The van der Waals surface area contributed by atoms with Gasteiger partial charge in [0.05, 0.1) is 6.61 Å². The standard InChI is InChI=1S/C14H30N2O2/c1-4-5-6-7-8-14(2,3)13(18)16-10-9-15-11-12-17/h15,17H,4-12H2,1-3H3,(H,16,18). The SMILES string of the molecule is CCCCCCC(C)(C)C(=O)NCCNCCO. The van der Waals surface area contributed by atoms with Crippen molar-refractivity contribution in [3.8, 4) is 0 Å². The summed E-state index contributed by atoms with van der Waals surface area (Å²) in [4.78, 5) is 12.0. The maximum atomic E-state index is 12.0. The normalized spacial score (nSPS) is 11.6. The molecule has 0 aromatic rings. The van der Waals surface area contributed by atoms with Crippen LogP contribution in [0, 0.1) is 5.41 Å². The predicted molar refractivity (Wildman–Crippen MR) is 75.5 cm³/mol. The zero-order valence-electron chi connectivity index (χ0n) is 12.2. The lowest BCUT2D eigenvalue weighted by Gasteiger charge is -2.23. The van der Waals surface area contributed by atoms with E-state index in [4.69, 9.17) is 5.11 Å². The first-order valence-corrected chi connectivity index (χ1v) is 7.14. The molecule has 0 aliphatic carbocycles. The minimum absolute atomic E-state index is 0.129. The third kappa shape index (κ3) is 8.48. The summed E-state index contributed by atoms with van der Waals surface area (Å²) in [6.07, 6.45) is 5.76. The van der Waals surface area contributed by atoms with Gasteiger partial charge in [0.1, 0.15) is 0 Å². The summed E-state index contributed by atoms with van der Waals surface area (Å²) in [6.45, 7) is 8.25. The number of rotatable bonds is 11. The third-order valence-corrected chi connectivity index (χ3v) is 3.15.